The monoisotopic (exact) mass is 269 g/mol. The summed E-state index contributed by atoms with van der Waals surface area (Å²) in [6.45, 7) is 3.87. The van der Waals surface area contributed by atoms with Crippen LogP contribution in [0.2, 0.25) is 0 Å². The largest absolute Gasteiger partial charge is 0.325 e. The molecule has 0 fully saturated rings. The number of pyridine rings is 1. The molecule has 0 aliphatic rings. The average molecular weight is 269 g/mol. The van der Waals surface area contributed by atoms with Crippen LogP contribution in [0.3, 0.4) is 0 Å². The molecule has 0 bridgehead atoms. The predicted molar refractivity (Wildman–Crippen MR) is 80.3 cm³/mol. The third-order valence-electron chi connectivity index (χ3n) is 3.12. The van der Waals surface area contributed by atoms with E-state index in [1.807, 2.05) is 56.3 Å². The molecule has 2 N–H and O–H groups in total. The number of anilines is 1. The molecule has 1 aromatic carbocycles. The maximum atomic E-state index is 12.1. The molecular formula is C16H19N3O. The Balaban J connectivity index is 1.91. The summed E-state index contributed by atoms with van der Waals surface area (Å²) in [5.41, 5.74) is 1.87. The Labute approximate surface area is 119 Å². The van der Waals surface area contributed by atoms with Crippen molar-refractivity contribution in [1.29, 1.82) is 0 Å². The Morgan fingerprint density at radius 3 is 2.50 bits per heavy atom. The second-order valence-electron chi connectivity index (χ2n) is 4.75. The van der Waals surface area contributed by atoms with Crippen LogP contribution in [0.15, 0.2) is 54.9 Å². The molecule has 2 aromatic rings. The van der Waals surface area contributed by atoms with Gasteiger partial charge in [0.2, 0.25) is 5.91 Å². The minimum atomic E-state index is -0.287. The average Bonchev–Trinajstić information content (AvgIpc) is 2.49. The quantitative estimate of drug-likeness (QED) is 0.877. The van der Waals surface area contributed by atoms with Gasteiger partial charge in [-0.15, -0.1) is 0 Å². The molecule has 0 saturated carbocycles. The smallest absolute Gasteiger partial charge is 0.241 e. The molecule has 104 valence electrons. The summed E-state index contributed by atoms with van der Waals surface area (Å²) < 4.78 is 0. The van der Waals surface area contributed by atoms with E-state index in [-0.39, 0.29) is 18.0 Å². The first-order chi connectivity index (χ1) is 9.66. The third kappa shape index (κ3) is 3.90. The van der Waals surface area contributed by atoms with Gasteiger partial charge in [0.05, 0.1) is 6.04 Å². The molecule has 1 amide bonds. The third-order valence-corrected chi connectivity index (χ3v) is 3.12. The van der Waals surface area contributed by atoms with Crippen molar-refractivity contribution in [3.63, 3.8) is 0 Å². The lowest BCUT2D eigenvalue weighted by atomic mass is 10.1. The van der Waals surface area contributed by atoms with Crippen LogP contribution in [0.4, 0.5) is 5.69 Å². The summed E-state index contributed by atoms with van der Waals surface area (Å²) in [5.74, 6) is -0.0491. The molecule has 1 heterocycles. The zero-order valence-corrected chi connectivity index (χ0v) is 11.7. The maximum absolute atomic E-state index is 12.1. The number of carbonyl (C=O) groups excluding carboxylic acids is 1. The molecule has 0 aliphatic heterocycles. The van der Waals surface area contributed by atoms with Gasteiger partial charge in [0, 0.05) is 24.1 Å². The van der Waals surface area contributed by atoms with Crippen LogP contribution in [0.5, 0.6) is 0 Å². The molecule has 2 atom stereocenters. The van der Waals surface area contributed by atoms with Gasteiger partial charge in [-0.25, -0.2) is 0 Å². The van der Waals surface area contributed by atoms with E-state index in [2.05, 4.69) is 15.6 Å². The van der Waals surface area contributed by atoms with Crippen molar-refractivity contribution in [2.75, 3.05) is 5.32 Å². The Kier molecular flexibility index (Phi) is 4.85. The number of carbonyl (C=O) groups is 1. The molecule has 2 rings (SSSR count). The number of hydrogen-bond acceptors (Lipinski definition) is 3. The van der Waals surface area contributed by atoms with E-state index in [1.165, 1.54) is 0 Å². The zero-order valence-electron chi connectivity index (χ0n) is 11.7. The summed E-state index contributed by atoms with van der Waals surface area (Å²) in [7, 11) is 0. The highest BCUT2D eigenvalue weighted by molar-refractivity contribution is 5.94. The molecule has 0 saturated heterocycles. The highest BCUT2D eigenvalue weighted by atomic mass is 16.2. The predicted octanol–water partition coefficient (Wildman–Crippen LogP) is 2.76. The number of nitrogens with one attached hydrogen (secondary N) is 2. The van der Waals surface area contributed by atoms with Crippen LogP contribution in [-0.4, -0.2) is 16.9 Å². The summed E-state index contributed by atoms with van der Waals surface area (Å²) in [6, 6.07) is 13.1. The van der Waals surface area contributed by atoms with Crippen molar-refractivity contribution in [3.05, 3.63) is 60.4 Å². The lowest BCUT2D eigenvalue weighted by Gasteiger charge is -2.19. The van der Waals surface area contributed by atoms with Gasteiger partial charge < -0.3 is 5.32 Å². The van der Waals surface area contributed by atoms with E-state index in [1.54, 1.807) is 12.4 Å². The Bertz CT molecular complexity index is 542. The molecule has 0 radical (unpaired) electrons. The Morgan fingerprint density at radius 1 is 1.10 bits per heavy atom. The van der Waals surface area contributed by atoms with Crippen molar-refractivity contribution in [2.24, 2.45) is 0 Å². The van der Waals surface area contributed by atoms with Crippen LogP contribution in [0.1, 0.15) is 25.5 Å². The van der Waals surface area contributed by atoms with Gasteiger partial charge in [0.25, 0.3) is 0 Å². The van der Waals surface area contributed by atoms with Crippen LogP contribution in [-0.2, 0) is 4.79 Å². The first kappa shape index (κ1) is 14.2. The minimum Gasteiger partial charge on any atom is -0.325 e. The molecule has 0 spiro atoms. The molecule has 0 aliphatic carbocycles. The van der Waals surface area contributed by atoms with Gasteiger partial charge in [-0.05, 0) is 37.6 Å². The van der Waals surface area contributed by atoms with Crippen molar-refractivity contribution in [2.45, 2.75) is 25.9 Å². The second kappa shape index (κ2) is 6.82. The van der Waals surface area contributed by atoms with E-state index in [0.29, 0.717) is 0 Å². The van der Waals surface area contributed by atoms with Gasteiger partial charge in [0.15, 0.2) is 0 Å². The lowest BCUT2D eigenvalue weighted by molar-refractivity contribution is -0.117. The molecule has 1 aromatic heterocycles. The number of para-hydroxylation sites is 1. The van der Waals surface area contributed by atoms with Gasteiger partial charge in [-0.2, -0.15) is 0 Å². The summed E-state index contributed by atoms with van der Waals surface area (Å²) >= 11 is 0. The van der Waals surface area contributed by atoms with Gasteiger partial charge in [0.1, 0.15) is 0 Å². The zero-order chi connectivity index (χ0) is 14.4. The fraction of sp³-hybridized carbons (Fsp3) is 0.250. The second-order valence-corrected chi connectivity index (χ2v) is 4.75. The maximum Gasteiger partial charge on any atom is 0.241 e. The number of hydrogen-bond donors (Lipinski definition) is 2. The summed E-state index contributed by atoms with van der Waals surface area (Å²) in [4.78, 5) is 16.2. The van der Waals surface area contributed by atoms with Crippen LogP contribution in [0, 0.1) is 0 Å². The topological polar surface area (TPSA) is 54.0 Å². The number of rotatable bonds is 5. The van der Waals surface area contributed by atoms with Crippen molar-refractivity contribution in [3.8, 4) is 0 Å². The summed E-state index contributed by atoms with van der Waals surface area (Å²) in [5, 5.41) is 6.15. The number of amides is 1. The summed E-state index contributed by atoms with van der Waals surface area (Å²) in [6.07, 6.45) is 3.54. The normalized spacial score (nSPS) is 13.5. The van der Waals surface area contributed by atoms with E-state index < -0.39 is 0 Å². The standard InChI is InChI=1S/C16H19N3O/c1-12(14-7-6-10-17-11-14)18-13(2)16(20)19-15-8-4-3-5-9-15/h3-13,18H,1-2H3,(H,19,20)/t12-,13?/m0/s1. The van der Waals surface area contributed by atoms with E-state index in [4.69, 9.17) is 0 Å². The molecule has 20 heavy (non-hydrogen) atoms. The molecule has 1 unspecified atom stereocenters. The van der Waals surface area contributed by atoms with Crippen molar-refractivity contribution < 1.29 is 4.79 Å². The van der Waals surface area contributed by atoms with Gasteiger partial charge in [-0.3, -0.25) is 15.1 Å². The fourth-order valence-electron chi connectivity index (χ4n) is 1.95. The van der Waals surface area contributed by atoms with E-state index in [9.17, 15) is 4.79 Å². The van der Waals surface area contributed by atoms with E-state index >= 15 is 0 Å². The SMILES string of the molecule is CC(N[C@@H](C)c1cccnc1)C(=O)Nc1ccccc1. The lowest BCUT2D eigenvalue weighted by Crippen LogP contribution is -2.39. The Morgan fingerprint density at radius 2 is 1.85 bits per heavy atom. The molecule has 4 heteroatoms. The number of benzene rings is 1. The van der Waals surface area contributed by atoms with Crippen LogP contribution < -0.4 is 10.6 Å². The van der Waals surface area contributed by atoms with Crippen LogP contribution in [0.25, 0.3) is 0 Å². The van der Waals surface area contributed by atoms with Gasteiger partial charge in [-0.1, -0.05) is 24.3 Å². The Hall–Kier alpha value is -2.20. The number of aromatic nitrogens is 1. The minimum absolute atomic E-state index is 0.0491. The molecular weight excluding hydrogens is 250 g/mol. The highest BCUT2D eigenvalue weighted by Gasteiger charge is 2.16. The van der Waals surface area contributed by atoms with Gasteiger partial charge >= 0.3 is 0 Å². The fourth-order valence-corrected chi connectivity index (χ4v) is 1.95. The van der Waals surface area contributed by atoms with Crippen molar-refractivity contribution >= 4 is 11.6 Å². The highest BCUT2D eigenvalue weighted by Crippen LogP contribution is 2.11. The molecule has 4 nitrogen and oxygen atoms in total. The first-order valence-corrected chi connectivity index (χ1v) is 6.68. The van der Waals surface area contributed by atoms with Crippen LogP contribution >= 0.6 is 0 Å². The number of nitrogens with zero attached hydrogens (tertiary/aromatic N) is 1. The van der Waals surface area contributed by atoms with E-state index in [0.717, 1.165) is 11.3 Å². The van der Waals surface area contributed by atoms with Crippen molar-refractivity contribution in [1.82, 2.24) is 10.3 Å². The first-order valence-electron chi connectivity index (χ1n) is 6.68.